The van der Waals surface area contributed by atoms with Gasteiger partial charge in [0.25, 0.3) is 5.56 Å². The average Bonchev–Trinajstić information content (AvgIpc) is 2.19. The number of thioether (sulfide) groups is 1. The highest BCUT2D eigenvalue weighted by atomic mass is 35.5. The second kappa shape index (κ2) is 5.18. The smallest absolute Gasteiger partial charge is 0.307 e. The van der Waals surface area contributed by atoms with Crippen molar-refractivity contribution in [1.82, 2.24) is 9.97 Å². The fraction of sp³-hybridized carbons (Fsp3) is 0.375. The van der Waals surface area contributed by atoms with Gasteiger partial charge in [-0.1, -0.05) is 18.5 Å². The van der Waals surface area contributed by atoms with Crippen molar-refractivity contribution < 1.29 is 9.90 Å². The van der Waals surface area contributed by atoms with Gasteiger partial charge in [-0.15, -0.1) is 11.8 Å². The summed E-state index contributed by atoms with van der Waals surface area (Å²) in [7, 11) is 0. The summed E-state index contributed by atoms with van der Waals surface area (Å²) >= 11 is 6.84. The van der Waals surface area contributed by atoms with Gasteiger partial charge in [-0.25, -0.2) is 4.98 Å². The lowest BCUT2D eigenvalue weighted by Crippen LogP contribution is -2.13. The van der Waals surface area contributed by atoms with Crippen LogP contribution in [0.2, 0.25) is 5.02 Å². The standard InChI is InChI=1S/C8H9ClN2O3S/c1-4(8(13)14)2-15-7-5(9)6(12)10-3-11-7/h3-4H,2H2,1H3,(H,13,14)(H,10,11,12). The van der Waals surface area contributed by atoms with Gasteiger partial charge in [-0.3, -0.25) is 9.59 Å². The Hall–Kier alpha value is -1.01. The maximum absolute atomic E-state index is 11.1. The first kappa shape index (κ1) is 12.1. The van der Waals surface area contributed by atoms with Crippen LogP contribution in [0.25, 0.3) is 0 Å². The van der Waals surface area contributed by atoms with E-state index < -0.39 is 17.4 Å². The van der Waals surface area contributed by atoms with E-state index in [1.54, 1.807) is 6.92 Å². The molecular weight excluding hydrogens is 240 g/mol. The van der Waals surface area contributed by atoms with E-state index in [0.29, 0.717) is 10.8 Å². The molecule has 0 radical (unpaired) electrons. The van der Waals surface area contributed by atoms with Crippen molar-refractivity contribution >= 4 is 29.3 Å². The normalized spacial score (nSPS) is 12.4. The molecule has 1 rings (SSSR count). The number of carboxylic acids is 1. The van der Waals surface area contributed by atoms with E-state index in [4.69, 9.17) is 16.7 Å². The van der Waals surface area contributed by atoms with Gasteiger partial charge < -0.3 is 10.1 Å². The van der Waals surface area contributed by atoms with Crippen LogP contribution < -0.4 is 5.56 Å². The lowest BCUT2D eigenvalue weighted by atomic mass is 10.2. The van der Waals surface area contributed by atoms with E-state index in [-0.39, 0.29) is 5.02 Å². The van der Waals surface area contributed by atoms with Crippen molar-refractivity contribution in [2.75, 3.05) is 5.75 Å². The number of carboxylic acid groups (broad SMARTS) is 1. The number of aliphatic carboxylic acids is 1. The van der Waals surface area contributed by atoms with Crippen molar-refractivity contribution in [1.29, 1.82) is 0 Å². The first-order valence-corrected chi connectivity index (χ1v) is 5.47. The minimum Gasteiger partial charge on any atom is -0.481 e. The van der Waals surface area contributed by atoms with Gasteiger partial charge in [0.1, 0.15) is 10.0 Å². The zero-order valence-corrected chi connectivity index (χ0v) is 9.43. The number of hydrogen-bond acceptors (Lipinski definition) is 4. The lowest BCUT2D eigenvalue weighted by molar-refractivity contribution is -0.140. The molecule has 2 N–H and O–H groups in total. The Bertz CT molecular complexity index is 421. The van der Waals surface area contributed by atoms with Gasteiger partial charge in [0, 0.05) is 5.75 Å². The Morgan fingerprint density at radius 3 is 3.07 bits per heavy atom. The summed E-state index contributed by atoms with van der Waals surface area (Å²) in [6, 6.07) is 0. The first-order valence-electron chi connectivity index (χ1n) is 4.11. The summed E-state index contributed by atoms with van der Waals surface area (Å²) in [6.45, 7) is 1.58. The van der Waals surface area contributed by atoms with E-state index in [0.717, 1.165) is 11.8 Å². The lowest BCUT2D eigenvalue weighted by Gasteiger charge is -2.05. The number of carbonyl (C=O) groups is 1. The first-order chi connectivity index (χ1) is 7.02. The van der Waals surface area contributed by atoms with Crippen LogP contribution in [0.3, 0.4) is 0 Å². The van der Waals surface area contributed by atoms with Gasteiger partial charge in [-0.2, -0.15) is 0 Å². The van der Waals surface area contributed by atoms with Crippen LogP contribution in [-0.2, 0) is 4.79 Å². The third-order valence-electron chi connectivity index (χ3n) is 1.66. The molecule has 1 aromatic heterocycles. The Kier molecular flexibility index (Phi) is 4.16. The maximum Gasteiger partial charge on any atom is 0.307 e. The molecular formula is C8H9ClN2O3S. The number of H-pyrrole nitrogens is 1. The molecule has 1 unspecified atom stereocenters. The Balaban J connectivity index is 2.70. The summed E-state index contributed by atoms with van der Waals surface area (Å²) in [5, 5.41) is 9.00. The number of aromatic nitrogens is 2. The second-order valence-corrected chi connectivity index (χ2v) is 4.29. The topological polar surface area (TPSA) is 83.0 Å². The quantitative estimate of drug-likeness (QED) is 0.619. The molecule has 0 bridgehead atoms. The molecule has 0 aromatic carbocycles. The third kappa shape index (κ3) is 3.24. The highest BCUT2D eigenvalue weighted by molar-refractivity contribution is 7.99. The molecule has 82 valence electrons. The monoisotopic (exact) mass is 248 g/mol. The van der Waals surface area contributed by atoms with Gasteiger partial charge in [-0.05, 0) is 0 Å². The van der Waals surface area contributed by atoms with Crippen molar-refractivity contribution in [2.45, 2.75) is 11.9 Å². The molecule has 0 aliphatic rings. The van der Waals surface area contributed by atoms with Crippen LogP contribution in [0.15, 0.2) is 16.1 Å². The van der Waals surface area contributed by atoms with E-state index >= 15 is 0 Å². The molecule has 0 aliphatic carbocycles. The predicted molar refractivity (Wildman–Crippen MR) is 57.4 cm³/mol. The van der Waals surface area contributed by atoms with E-state index in [9.17, 15) is 9.59 Å². The predicted octanol–water partition coefficient (Wildman–Crippen LogP) is 1.24. The highest BCUT2D eigenvalue weighted by Crippen LogP contribution is 2.22. The fourth-order valence-corrected chi connectivity index (χ4v) is 1.91. The van der Waals surface area contributed by atoms with Crippen LogP contribution >= 0.6 is 23.4 Å². The van der Waals surface area contributed by atoms with Crippen LogP contribution in [0.1, 0.15) is 6.92 Å². The van der Waals surface area contributed by atoms with E-state index in [1.807, 2.05) is 0 Å². The fourth-order valence-electron chi connectivity index (χ4n) is 0.743. The van der Waals surface area contributed by atoms with Crippen molar-refractivity contribution in [3.05, 3.63) is 21.7 Å². The Morgan fingerprint density at radius 2 is 2.47 bits per heavy atom. The molecule has 0 saturated carbocycles. The highest BCUT2D eigenvalue weighted by Gasteiger charge is 2.13. The van der Waals surface area contributed by atoms with Crippen LogP contribution in [0.4, 0.5) is 0 Å². The summed E-state index contributed by atoms with van der Waals surface area (Å²) < 4.78 is 0. The van der Waals surface area contributed by atoms with E-state index in [2.05, 4.69) is 9.97 Å². The molecule has 0 amide bonds. The Labute approximate surface area is 94.9 Å². The number of halogens is 1. The summed E-state index contributed by atoms with van der Waals surface area (Å²) in [6.07, 6.45) is 1.24. The van der Waals surface area contributed by atoms with Gasteiger partial charge in [0.2, 0.25) is 0 Å². The van der Waals surface area contributed by atoms with Crippen LogP contribution in [0, 0.1) is 5.92 Å². The SMILES string of the molecule is CC(CSc1nc[nH]c(=O)c1Cl)C(=O)O. The van der Waals surface area contributed by atoms with Crippen molar-refractivity contribution in [2.24, 2.45) is 5.92 Å². The molecule has 0 saturated heterocycles. The zero-order chi connectivity index (χ0) is 11.4. The molecule has 0 aliphatic heterocycles. The second-order valence-electron chi connectivity index (χ2n) is 2.90. The molecule has 7 heteroatoms. The largest absolute Gasteiger partial charge is 0.481 e. The number of hydrogen-bond donors (Lipinski definition) is 2. The molecule has 0 spiro atoms. The summed E-state index contributed by atoms with van der Waals surface area (Å²) in [5.41, 5.74) is -0.419. The van der Waals surface area contributed by atoms with Crippen molar-refractivity contribution in [3.8, 4) is 0 Å². The minimum absolute atomic E-state index is 0.0000822. The van der Waals surface area contributed by atoms with Crippen molar-refractivity contribution in [3.63, 3.8) is 0 Å². The van der Waals surface area contributed by atoms with Gasteiger partial charge in [0.15, 0.2) is 0 Å². The maximum atomic E-state index is 11.1. The van der Waals surface area contributed by atoms with Gasteiger partial charge >= 0.3 is 5.97 Å². The Morgan fingerprint density at radius 1 is 1.80 bits per heavy atom. The number of aromatic amines is 1. The molecule has 5 nitrogen and oxygen atoms in total. The third-order valence-corrected chi connectivity index (χ3v) is 3.37. The minimum atomic E-state index is -0.886. The molecule has 1 aromatic rings. The molecule has 1 atom stereocenters. The van der Waals surface area contributed by atoms with E-state index in [1.165, 1.54) is 6.33 Å². The van der Waals surface area contributed by atoms with Crippen LogP contribution in [-0.4, -0.2) is 26.8 Å². The summed E-state index contributed by atoms with van der Waals surface area (Å²) in [4.78, 5) is 27.8. The molecule has 1 heterocycles. The number of nitrogens with zero attached hydrogens (tertiary/aromatic N) is 1. The number of nitrogens with one attached hydrogen (secondary N) is 1. The summed E-state index contributed by atoms with van der Waals surface area (Å²) in [5.74, 6) is -1.07. The number of rotatable bonds is 4. The molecule has 15 heavy (non-hydrogen) atoms. The zero-order valence-electron chi connectivity index (χ0n) is 7.86. The van der Waals surface area contributed by atoms with Gasteiger partial charge in [0.05, 0.1) is 12.2 Å². The molecule has 0 fully saturated rings. The van der Waals surface area contributed by atoms with Crippen LogP contribution in [0.5, 0.6) is 0 Å². The average molecular weight is 249 g/mol.